The number of aliphatic carboxylic acids is 1. The van der Waals surface area contributed by atoms with Gasteiger partial charge in [-0.15, -0.1) is 0 Å². The molecule has 1 atom stereocenters. The van der Waals surface area contributed by atoms with Crippen molar-refractivity contribution in [3.63, 3.8) is 0 Å². The maximum atomic E-state index is 11.5. The van der Waals surface area contributed by atoms with Gasteiger partial charge in [-0.25, -0.2) is 0 Å². The van der Waals surface area contributed by atoms with E-state index in [0.717, 1.165) is 4.90 Å². The van der Waals surface area contributed by atoms with Crippen LogP contribution in [0.15, 0.2) is 0 Å². The van der Waals surface area contributed by atoms with Gasteiger partial charge >= 0.3 is 5.97 Å². The van der Waals surface area contributed by atoms with Gasteiger partial charge in [0.25, 0.3) is 0 Å². The summed E-state index contributed by atoms with van der Waals surface area (Å²) in [6, 6.07) is -0.424. The Balaban J connectivity index is 2.39. The molecule has 1 fully saturated rings. The number of carboxylic acids is 1. The molecule has 1 saturated heterocycles. The number of nitrogens with one attached hydrogen (secondary N) is 1. The predicted molar refractivity (Wildman–Crippen MR) is 51.1 cm³/mol. The first kappa shape index (κ1) is 11.6. The van der Waals surface area contributed by atoms with Crippen molar-refractivity contribution >= 4 is 17.8 Å². The van der Waals surface area contributed by atoms with E-state index in [4.69, 9.17) is 5.11 Å². The minimum Gasteiger partial charge on any atom is -0.481 e. The zero-order valence-corrected chi connectivity index (χ0v) is 8.52. The van der Waals surface area contributed by atoms with E-state index in [0.29, 0.717) is 12.8 Å². The molecule has 0 saturated carbocycles. The number of imide groups is 1. The molecule has 6 heteroatoms. The summed E-state index contributed by atoms with van der Waals surface area (Å²) in [5.41, 5.74) is 0. The summed E-state index contributed by atoms with van der Waals surface area (Å²) in [6.45, 7) is 0.244. The van der Waals surface area contributed by atoms with E-state index in [1.807, 2.05) is 0 Å². The number of piperidine rings is 1. The van der Waals surface area contributed by atoms with Gasteiger partial charge in [0, 0.05) is 20.0 Å². The number of carbonyl (C=O) groups is 3. The number of likely N-dealkylation sites (tertiary alicyclic amines) is 1. The Kier molecular flexibility index (Phi) is 3.79. The van der Waals surface area contributed by atoms with Gasteiger partial charge in [0.1, 0.15) is 0 Å². The largest absolute Gasteiger partial charge is 0.481 e. The number of likely N-dealkylation sites (N-methyl/N-ethyl adjacent to an activating group) is 1. The van der Waals surface area contributed by atoms with Crippen molar-refractivity contribution in [2.45, 2.75) is 25.3 Å². The summed E-state index contributed by atoms with van der Waals surface area (Å²) in [6.07, 6.45) is 0.746. The highest BCUT2D eigenvalue weighted by Gasteiger charge is 2.31. The van der Waals surface area contributed by atoms with Crippen LogP contribution >= 0.6 is 0 Å². The van der Waals surface area contributed by atoms with Crippen molar-refractivity contribution < 1.29 is 19.5 Å². The Morgan fingerprint density at radius 2 is 2.27 bits per heavy atom. The molecule has 0 radical (unpaired) electrons. The maximum Gasteiger partial charge on any atom is 0.304 e. The van der Waals surface area contributed by atoms with E-state index in [2.05, 4.69) is 5.32 Å². The van der Waals surface area contributed by atoms with Gasteiger partial charge in [0.15, 0.2) is 0 Å². The van der Waals surface area contributed by atoms with Crippen molar-refractivity contribution in [1.82, 2.24) is 10.2 Å². The van der Waals surface area contributed by atoms with Crippen LogP contribution in [0.2, 0.25) is 0 Å². The second-order valence-corrected chi connectivity index (χ2v) is 3.48. The number of carbonyl (C=O) groups excluding carboxylic acids is 2. The van der Waals surface area contributed by atoms with Crippen molar-refractivity contribution in [3.05, 3.63) is 0 Å². The minimum atomic E-state index is -0.907. The molecule has 1 unspecified atom stereocenters. The second-order valence-electron chi connectivity index (χ2n) is 3.48. The third-order valence-corrected chi connectivity index (χ3v) is 2.38. The predicted octanol–water partition coefficient (Wildman–Crippen LogP) is -0.802. The fourth-order valence-corrected chi connectivity index (χ4v) is 1.46. The molecule has 0 aliphatic carbocycles. The molecule has 0 aromatic heterocycles. The summed E-state index contributed by atoms with van der Waals surface area (Å²) in [4.78, 5) is 34.0. The lowest BCUT2D eigenvalue weighted by Crippen LogP contribution is -2.51. The number of rotatable bonds is 4. The monoisotopic (exact) mass is 214 g/mol. The molecule has 1 rings (SSSR count). The van der Waals surface area contributed by atoms with Gasteiger partial charge in [0.2, 0.25) is 11.8 Å². The minimum absolute atomic E-state index is 0.0263. The van der Waals surface area contributed by atoms with Gasteiger partial charge in [-0.2, -0.15) is 0 Å². The Hall–Kier alpha value is -1.43. The molecular weight excluding hydrogens is 200 g/mol. The smallest absolute Gasteiger partial charge is 0.304 e. The van der Waals surface area contributed by atoms with Crippen LogP contribution in [0.1, 0.15) is 19.3 Å². The highest BCUT2D eigenvalue weighted by atomic mass is 16.4. The van der Waals surface area contributed by atoms with Crippen LogP contribution in [0, 0.1) is 0 Å². The second kappa shape index (κ2) is 4.88. The SMILES string of the molecule is CN1C(=O)CCC(NCCC(=O)O)C1=O. The van der Waals surface area contributed by atoms with E-state index < -0.39 is 12.0 Å². The van der Waals surface area contributed by atoms with Gasteiger partial charge in [-0.05, 0) is 6.42 Å². The van der Waals surface area contributed by atoms with Gasteiger partial charge in [-0.3, -0.25) is 19.3 Å². The molecule has 1 aliphatic heterocycles. The summed E-state index contributed by atoms with van der Waals surface area (Å²) in [7, 11) is 1.44. The number of carboxylic acid groups (broad SMARTS) is 1. The summed E-state index contributed by atoms with van der Waals surface area (Å²) < 4.78 is 0. The molecule has 15 heavy (non-hydrogen) atoms. The number of hydrogen-bond donors (Lipinski definition) is 2. The zero-order chi connectivity index (χ0) is 11.4. The first-order valence-corrected chi connectivity index (χ1v) is 4.78. The third-order valence-electron chi connectivity index (χ3n) is 2.38. The Morgan fingerprint density at radius 3 is 2.87 bits per heavy atom. The summed E-state index contributed by atoms with van der Waals surface area (Å²) >= 11 is 0. The lowest BCUT2D eigenvalue weighted by Gasteiger charge is -2.28. The quantitative estimate of drug-likeness (QED) is 0.598. The van der Waals surface area contributed by atoms with E-state index in [-0.39, 0.29) is 24.8 Å². The Morgan fingerprint density at radius 1 is 1.60 bits per heavy atom. The van der Waals surface area contributed by atoms with Crippen LogP contribution in [0.25, 0.3) is 0 Å². The molecular formula is C9H14N2O4. The average Bonchev–Trinajstić information content (AvgIpc) is 2.18. The molecule has 0 aromatic rings. The van der Waals surface area contributed by atoms with Crippen molar-refractivity contribution in [2.24, 2.45) is 0 Å². The first-order valence-electron chi connectivity index (χ1n) is 4.78. The van der Waals surface area contributed by atoms with Gasteiger partial charge in [-0.1, -0.05) is 0 Å². The van der Waals surface area contributed by atoms with Crippen molar-refractivity contribution in [2.75, 3.05) is 13.6 Å². The Labute approximate surface area is 87.2 Å². The zero-order valence-electron chi connectivity index (χ0n) is 8.52. The highest BCUT2D eigenvalue weighted by molar-refractivity contribution is 6.00. The van der Waals surface area contributed by atoms with Crippen LogP contribution in [0.3, 0.4) is 0 Å². The maximum absolute atomic E-state index is 11.5. The van der Waals surface area contributed by atoms with Gasteiger partial charge in [0.05, 0.1) is 12.5 Å². The van der Waals surface area contributed by atoms with Gasteiger partial charge < -0.3 is 10.4 Å². The highest BCUT2D eigenvalue weighted by Crippen LogP contribution is 2.11. The molecule has 6 nitrogen and oxygen atoms in total. The molecule has 0 spiro atoms. The van der Waals surface area contributed by atoms with E-state index in [9.17, 15) is 14.4 Å². The van der Waals surface area contributed by atoms with Crippen LogP contribution in [0.5, 0.6) is 0 Å². The standard InChI is InChI=1S/C9H14N2O4/c1-11-7(12)3-2-6(9(11)15)10-5-4-8(13)14/h6,10H,2-5H2,1H3,(H,13,14). The van der Waals surface area contributed by atoms with Crippen molar-refractivity contribution in [1.29, 1.82) is 0 Å². The molecule has 1 aliphatic rings. The fourth-order valence-electron chi connectivity index (χ4n) is 1.46. The van der Waals surface area contributed by atoms with Crippen molar-refractivity contribution in [3.8, 4) is 0 Å². The van der Waals surface area contributed by atoms with Crippen LogP contribution in [-0.2, 0) is 14.4 Å². The summed E-state index contributed by atoms with van der Waals surface area (Å²) in [5.74, 6) is -1.37. The van der Waals surface area contributed by atoms with Crippen LogP contribution in [0.4, 0.5) is 0 Å². The van der Waals surface area contributed by atoms with E-state index >= 15 is 0 Å². The fraction of sp³-hybridized carbons (Fsp3) is 0.667. The number of hydrogen-bond acceptors (Lipinski definition) is 4. The normalized spacial score (nSPS) is 21.9. The lowest BCUT2D eigenvalue weighted by molar-refractivity contribution is -0.148. The molecule has 0 bridgehead atoms. The number of nitrogens with zero attached hydrogens (tertiary/aromatic N) is 1. The lowest BCUT2D eigenvalue weighted by atomic mass is 10.0. The molecule has 0 aromatic carbocycles. The van der Waals surface area contributed by atoms with E-state index in [1.165, 1.54) is 7.05 Å². The summed E-state index contributed by atoms with van der Waals surface area (Å²) in [5, 5.41) is 11.2. The Bertz CT molecular complexity index is 290. The van der Waals surface area contributed by atoms with Crippen LogP contribution < -0.4 is 5.32 Å². The van der Waals surface area contributed by atoms with E-state index in [1.54, 1.807) is 0 Å². The molecule has 2 amide bonds. The molecule has 2 N–H and O–H groups in total. The molecule has 84 valence electrons. The van der Waals surface area contributed by atoms with Crippen LogP contribution in [-0.4, -0.2) is 47.4 Å². The average molecular weight is 214 g/mol. The molecule has 1 heterocycles. The third kappa shape index (κ3) is 3.02. The first-order chi connectivity index (χ1) is 7.02. The topological polar surface area (TPSA) is 86.7 Å². The number of amides is 2.